The van der Waals surface area contributed by atoms with Gasteiger partial charge in [-0.2, -0.15) is 0 Å². The van der Waals surface area contributed by atoms with Crippen LogP contribution in [0, 0.1) is 0 Å². The number of nitrogens with zero attached hydrogens (tertiary/aromatic N) is 3. The molecule has 0 N–H and O–H groups in total. The summed E-state index contributed by atoms with van der Waals surface area (Å²) in [5.74, 6) is 0.691. The average Bonchev–Trinajstić information content (AvgIpc) is 3.38. The minimum atomic E-state index is 0.691. The fourth-order valence-corrected chi connectivity index (χ4v) is 5.74. The Kier molecular flexibility index (Phi) is 3.72. The number of fused-ring (bicyclic) bond motifs is 6. The van der Waals surface area contributed by atoms with E-state index in [2.05, 4.69) is 77.4 Å². The van der Waals surface area contributed by atoms with Gasteiger partial charge in [-0.25, -0.2) is 9.97 Å². The van der Waals surface area contributed by atoms with Gasteiger partial charge in [-0.05, 0) is 29.8 Å². The van der Waals surface area contributed by atoms with Crippen molar-refractivity contribution in [2.45, 2.75) is 0 Å². The maximum absolute atomic E-state index is 4.78. The van der Waals surface area contributed by atoms with E-state index in [-0.39, 0.29) is 0 Å². The zero-order valence-corrected chi connectivity index (χ0v) is 17.9. The summed E-state index contributed by atoms with van der Waals surface area (Å²) in [4.78, 5) is 9.55. The Morgan fingerprint density at radius 3 is 2.09 bits per heavy atom. The van der Waals surface area contributed by atoms with Gasteiger partial charge in [0, 0.05) is 48.9 Å². The molecule has 32 heavy (non-hydrogen) atoms. The lowest BCUT2D eigenvalue weighted by molar-refractivity contribution is 0.991. The molecule has 0 fully saturated rings. The first-order valence-electron chi connectivity index (χ1n) is 10.6. The van der Waals surface area contributed by atoms with E-state index in [1.165, 1.54) is 30.9 Å². The van der Waals surface area contributed by atoms with E-state index in [1.54, 1.807) is 0 Å². The monoisotopic (exact) mass is 427 g/mol. The molecule has 0 amide bonds. The highest BCUT2D eigenvalue weighted by Gasteiger charge is 2.16. The zero-order chi connectivity index (χ0) is 21.1. The molecule has 0 bridgehead atoms. The molecule has 0 radical (unpaired) electrons. The molecule has 3 nitrogen and oxygen atoms in total. The molecule has 0 saturated carbocycles. The quantitative estimate of drug-likeness (QED) is 0.284. The van der Waals surface area contributed by atoms with Crippen molar-refractivity contribution in [2.75, 3.05) is 0 Å². The van der Waals surface area contributed by atoms with Gasteiger partial charge in [0.15, 0.2) is 0 Å². The van der Waals surface area contributed by atoms with Gasteiger partial charge in [0.05, 0.1) is 11.0 Å². The Labute approximate surface area is 188 Å². The lowest BCUT2D eigenvalue weighted by Crippen LogP contribution is -2.00. The average molecular weight is 428 g/mol. The summed E-state index contributed by atoms with van der Waals surface area (Å²) >= 11 is 1.84. The number of benzene rings is 4. The lowest BCUT2D eigenvalue weighted by atomic mass is 10.1. The third kappa shape index (κ3) is 2.53. The fourth-order valence-electron chi connectivity index (χ4n) is 4.62. The molecule has 7 aromatic rings. The van der Waals surface area contributed by atoms with Gasteiger partial charge in [0.2, 0.25) is 5.95 Å². The van der Waals surface area contributed by atoms with Gasteiger partial charge in [0.1, 0.15) is 0 Å². The maximum Gasteiger partial charge on any atom is 0.234 e. The van der Waals surface area contributed by atoms with Crippen molar-refractivity contribution in [1.29, 1.82) is 0 Å². The molecule has 3 aromatic heterocycles. The van der Waals surface area contributed by atoms with Gasteiger partial charge in [-0.15, -0.1) is 11.3 Å². The van der Waals surface area contributed by atoms with Gasteiger partial charge in [-0.3, -0.25) is 4.57 Å². The Morgan fingerprint density at radius 2 is 1.25 bits per heavy atom. The molecule has 0 aliphatic heterocycles. The van der Waals surface area contributed by atoms with Crippen molar-refractivity contribution in [2.24, 2.45) is 0 Å². The van der Waals surface area contributed by atoms with E-state index < -0.39 is 0 Å². The van der Waals surface area contributed by atoms with Crippen LogP contribution in [-0.4, -0.2) is 14.5 Å². The first kappa shape index (κ1) is 17.6. The van der Waals surface area contributed by atoms with Gasteiger partial charge < -0.3 is 0 Å². The lowest BCUT2D eigenvalue weighted by Gasteiger charge is -2.07. The second kappa shape index (κ2) is 6.74. The third-order valence-electron chi connectivity index (χ3n) is 6.12. The molecule has 4 aromatic carbocycles. The Balaban J connectivity index is 1.51. The molecular formula is C28H17N3S. The number of thiophene rings is 1. The van der Waals surface area contributed by atoms with Crippen molar-refractivity contribution < 1.29 is 0 Å². The van der Waals surface area contributed by atoms with Crippen LogP contribution >= 0.6 is 11.3 Å². The van der Waals surface area contributed by atoms with E-state index in [9.17, 15) is 0 Å². The van der Waals surface area contributed by atoms with Gasteiger partial charge in [-0.1, -0.05) is 66.7 Å². The number of rotatable bonds is 2. The summed E-state index contributed by atoms with van der Waals surface area (Å²) in [5.41, 5.74) is 4.39. The van der Waals surface area contributed by atoms with Crippen LogP contribution in [0.15, 0.2) is 103 Å². The van der Waals surface area contributed by atoms with Crippen LogP contribution in [0.1, 0.15) is 0 Å². The summed E-state index contributed by atoms with van der Waals surface area (Å²) in [6.07, 6.45) is 3.83. The third-order valence-corrected chi connectivity index (χ3v) is 7.25. The number of hydrogen-bond donors (Lipinski definition) is 0. The van der Waals surface area contributed by atoms with E-state index in [1.807, 2.05) is 41.9 Å². The smallest absolute Gasteiger partial charge is 0.234 e. The molecule has 0 aliphatic carbocycles. The highest BCUT2D eigenvalue weighted by atomic mass is 32.1. The molecule has 150 valence electrons. The summed E-state index contributed by atoms with van der Waals surface area (Å²) in [5, 5.41) is 5.07. The van der Waals surface area contributed by atoms with Crippen molar-refractivity contribution in [3.63, 3.8) is 0 Å². The van der Waals surface area contributed by atoms with Crippen LogP contribution in [-0.2, 0) is 0 Å². The predicted molar refractivity (Wildman–Crippen MR) is 135 cm³/mol. The molecule has 3 heterocycles. The Morgan fingerprint density at radius 1 is 0.531 bits per heavy atom. The topological polar surface area (TPSA) is 30.7 Å². The van der Waals surface area contributed by atoms with Crippen LogP contribution in [0.25, 0.3) is 59.1 Å². The molecular weight excluding hydrogens is 410 g/mol. The number of aromatic nitrogens is 3. The summed E-state index contributed by atoms with van der Waals surface area (Å²) < 4.78 is 4.78. The molecule has 0 saturated heterocycles. The fraction of sp³-hybridized carbons (Fsp3) is 0. The normalized spacial score (nSPS) is 11.8. The molecule has 7 rings (SSSR count). The van der Waals surface area contributed by atoms with E-state index in [4.69, 9.17) is 9.97 Å². The summed E-state index contributed by atoms with van der Waals surface area (Å²) in [6.45, 7) is 0. The van der Waals surface area contributed by atoms with E-state index >= 15 is 0 Å². The van der Waals surface area contributed by atoms with Crippen LogP contribution in [0.4, 0.5) is 0 Å². The van der Waals surface area contributed by atoms with Crippen LogP contribution in [0.2, 0.25) is 0 Å². The minimum Gasteiger partial charge on any atom is -0.278 e. The zero-order valence-electron chi connectivity index (χ0n) is 17.1. The molecule has 4 heteroatoms. The largest absolute Gasteiger partial charge is 0.278 e. The highest BCUT2D eigenvalue weighted by Crippen LogP contribution is 2.40. The SMILES string of the molecule is c1ccc(-c2cnc(-n3c4ccccc4c4cc5c(cc43)sc3ccccc35)nc2)cc1. The van der Waals surface area contributed by atoms with Crippen molar-refractivity contribution >= 4 is 53.3 Å². The van der Waals surface area contributed by atoms with Crippen LogP contribution < -0.4 is 0 Å². The molecule has 0 spiro atoms. The summed E-state index contributed by atoms with van der Waals surface area (Å²) in [6, 6.07) is 32.0. The van der Waals surface area contributed by atoms with E-state index in [0.717, 1.165) is 22.2 Å². The summed E-state index contributed by atoms with van der Waals surface area (Å²) in [7, 11) is 0. The second-order valence-electron chi connectivity index (χ2n) is 7.95. The highest BCUT2D eigenvalue weighted by molar-refractivity contribution is 7.25. The van der Waals surface area contributed by atoms with Crippen LogP contribution in [0.5, 0.6) is 0 Å². The van der Waals surface area contributed by atoms with Crippen LogP contribution in [0.3, 0.4) is 0 Å². The molecule has 0 atom stereocenters. The van der Waals surface area contributed by atoms with Gasteiger partial charge in [0.25, 0.3) is 0 Å². The molecule has 0 aliphatic rings. The Bertz CT molecular complexity index is 1760. The van der Waals surface area contributed by atoms with Crippen molar-refractivity contribution in [3.05, 3.63) is 103 Å². The first-order valence-corrected chi connectivity index (χ1v) is 11.4. The van der Waals surface area contributed by atoms with Gasteiger partial charge >= 0.3 is 0 Å². The minimum absolute atomic E-state index is 0.691. The molecule has 0 unspecified atom stereocenters. The maximum atomic E-state index is 4.78. The van der Waals surface area contributed by atoms with Crippen molar-refractivity contribution in [3.8, 4) is 17.1 Å². The number of para-hydroxylation sites is 1. The number of hydrogen-bond acceptors (Lipinski definition) is 3. The first-order chi connectivity index (χ1) is 15.9. The predicted octanol–water partition coefficient (Wildman–Crippen LogP) is 7.61. The second-order valence-corrected chi connectivity index (χ2v) is 9.04. The Hall–Kier alpha value is -4.02. The standard InChI is InChI=1S/C28H17N3S/c1-2-8-18(9-3-1)19-16-29-28(30-17-19)31-24-12-6-4-10-20(24)22-14-23-21-11-5-7-13-26(21)32-27(23)15-25(22)31/h1-17H. The van der Waals surface area contributed by atoms with Crippen molar-refractivity contribution in [1.82, 2.24) is 14.5 Å². The van der Waals surface area contributed by atoms with E-state index in [0.29, 0.717) is 5.95 Å².